The van der Waals surface area contributed by atoms with Gasteiger partial charge >= 0.3 is 5.97 Å². The van der Waals surface area contributed by atoms with Crippen LogP contribution in [0.3, 0.4) is 0 Å². The highest BCUT2D eigenvalue weighted by Crippen LogP contribution is 2.38. The van der Waals surface area contributed by atoms with Gasteiger partial charge < -0.3 is 14.6 Å². The van der Waals surface area contributed by atoms with Crippen LogP contribution in [0.1, 0.15) is 12.0 Å². The van der Waals surface area contributed by atoms with Crippen LogP contribution < -0.4 is 14.4 Å². The summed E-state index contributed by atoms with van der Waals surface area (Å²) in [4.78, 5) is 25.8. The number of carbonyl (C=O) groups is 2. The second-order valence-corrected chi connectivity index (χ2v) is 8.63. The molecule has 0 bridgehead atoms. The molecule has 3 aromatic rings. The second kappa shape index (κ2) is 9.42. The standard InChI is InChI=1S/C24H19NO5S2/c1-29-20-12-15(6-9-19(20)30-11-10-22(26)27)13-21-23(28)25(24(31)32-21)18-8-7-16-4-2-3-5-17(16)14-18/h2-9,12-14H,10-11H2,1H3,(H,26,27)/b21-13+. The molecule has 4 rings (SSSR count). The fourth-order valence-corrected chi connectivity index (χ4v) is 4.60. The molecular weight excluding hydrogens is 446 g/mol. The van der Waals surface area contributed by atoms with E-state index < -0.39 is 5.97 Å². The van der Waals surface area contributed by atoms with Crippen molar-refractivity contribution in [2.24, 2.45) is 0 Å². The molecule has 1 saturated heterocycles. The van der Waals surface area contributed by atoms with E-state index in [1.165, 1.54) is 18.9 Å². The Kier molecular flexibility index (Phi) is 6.43. The Morgan fingerprint density at radius 2 is 1.88 bits per heavy atom. The van der Waals surface area contributed by atoms with E-state index in [1.54, 1.807) is 29.2 Å². The van der Waals surface area contributed by atoms with E-state index in [1.807, 2.05) is 42.5 Å². The Hall–Kier alpha value is -3.36. The smallest absolute Gasteiger partial charge is 0.306 e. The highest BCUT2D eigenvalue weighted by Gasteiger charge is 2.33. The van der Waals surface area contributed by atoms with Gasteiger partial charge in [-0.1, -0.05) is 60.4 Å². The number of thiocarbonyl (C=S) groups is 1. The summed E-state index contributed by atoms with van der Waals surface area (Å²) in [5.41, 5.74) is 1.47. The number of thioether (sulfide) groups is 1. The van der Waals surface area contributed by atoms with Crippen molar-refractivity contribution in [3.8, 4) is 11.5 Å². The van der Waals surface area contributed by atoms with Gasteiger partial charge in [-0.3, -0.25) is 14.5 Å². The Morgan fingerprint density at radius 3 is 2.62 bits per heavy atom. The summed E-state index contributed by atoms with van der Waals surface area (Å²) >= 11 is 6.73. The van der Waals surface area contributed by atoms with Crippen molar-refractivity contribution in [1.82, 2.24) is 0 Å². The van der Waals surface area contributed by atoms with E-state index in [9.17, 15) is 9.59 Å². The predicted molar refractivity (Wildman–Crippen MR) is 130 cm³/mol. The SMILES string of the molecule is COc1cc(/C=C2/SC(=S)N(c3ccc4ccccc4c3)C2=O)ccc1OCCC(=O)O. The largest absolute Gasteiger partial charge is 0.493 e. The third-order valence-corrected chi connectivity index (χ3v) is 6.15. The monoisotopic (exact) mass is 465 g/mol. The molecule has 6 nitrogen and oxygen atoms in total. The normalized spacial score (nSPS) is 14.9. The highest BCUT2D eigenvalue weighted by molar-refractivity contribution is 8.27. The Bertz CT molecular complexity index is 1250. The van der Waals surface area contributed by atoms with Crippen molar-refractivity contribution in [1.29, 1.82) is 0 Å². The second-order valence-electron chi connectivity index (χ2n) is 6.95. The zero-order valence-corrected chi connectivity index (χ0v) is 18.7. The van der Waals surface area contributed by atoms with Gasteiger partial charge in [0.1, 0.15) is 0 Å². The molecule has 1 heterocycles. The van der Waals surface area contributed by atoms with Crippen molar-refractivity contribution in [2.45, 2.75) is 6.42 Å². The number of carboxylic acid groups (broad SMARTS) is 1. The van der Waals surface area contributed by atoms with Gasteiger partial charge in [-0.25, -0.2) is 0 Å². The number of carbonyl (C=O) groups excluding carboxylic acids is 1. The number of hydrogen-bond donors (Lipinski definition) is 1. The van der Waals surface area contributed by atoms with Crippen LogP contribution in [0.15, 0.2) is 65.6 Å². The average molecular weight is 466 g/mol. The summed E-state index contributed by atoms with van der Waals surface area (Å²) in [6.07, 6.45) is 1.64. The quantitative estimate of drug-likeness (QED) is 0.384. The van der Waals surface area contributed by atoms with Gasteiger partial charge in [-0.05, 0) is 46.7 Å². The van der Waals surface area contributed by atoms with Crippen LogP contribution in [0.4, 0.5) is 5.69 Å². The number of nitrogens with zero attached hydrogens (tertiary/aromatic N) is 1. The van der Waals surface area contributed by atoms with Crippen LogP contribution >= 0.6 is 24.0 Å². The van der Waals surface area contributed by atoms with Crippen LogP contribution in [-0.2, 0) is 9.59 Å². The lowest BCUT2D eigenvalue weighted by atomic mass is 10.1. The molecule has 3 aromatic carbocycles. The maximum atomic E-state index is 13.1. The third-order valence-electron chi connectivity index (χ3n) is 4.84. The lowest BCUT2D eigenvalue weighted by Gasteiger charge is -2.15. The van der Waals surface area contributed by atoms with Gasteiger partial charge in [-0.2, -0.15) is 0 Å². The van der Waals surface area contributed by atoms with E-state index in [0.29, 0.717) is 20.7 Å². The number of hydrogen-bond acceptors (Lipinski definition) is 6. The minimum absolute atomic E-state index is 0.0372. The molecule has 0 saturated carbocycles. The fraction of sp³-hybridized carbons (Fsp3) is 0.125. The molecule has 32 heavy (non-hydrogen) atoms. The van der Waals surface area contributed by atoms with Crippen molar-refractivity contribution >= 4 is 62.7 Å². The number of fused-ring (bicyclic) bond motifs is 1. The topological polar surface area (TPSA) is 76.1 Å². The van der Waals surface area contributed by atoms with Crippen LogP contribution in [0.5, 0.6) is 11.5 Å². The number of carboxylic acids is 1. The van der Waals surface area contributed by atoms with Crippen molar-refractivity contribution in [3.63, 3.8) is 0 Å². The summed E-state index contributed by atoms with van der Waals surface area (Å²) in [5.74, 6) is -0.228. The summed E-state index contributed by atoms with van der Waals surface area (Å²) in [7, 11) is 1.50. The maximum Gasteiger partial charge on any atom is 0.306 e. The average Bonchev–Trinajstić information content (AvgIpc) is 3.06. The molecule has 8 heteroatoms. The predicted octanol–water partition coefficient (Wildman–Crippen LogP) is 5.11. The van der Waals surface area contributed by atoms with Crippen LogP contribution in [0.2, 0.25) is 0 Å². The number of benzene rings is 3. The molecule has 1 aliphatic rings. The van der Waals surface area contributed by atoms with Crippen LogP contribution in [0, 0.1) is 0 Å². The number of methoxy groups -OCH3 is 1. The minimum Gasteiger partial charge on any atom is -0.493 e. The molecule has 162 valence electrons. The van der Waals surface area contributed by atoms with E-state index in [-0.39, 0.29) is 18.9 Å². The summed E-state index contributed by atoms with van der Waals surface area (Å²) < 4.78 is 11.3. The number of anilines is 1. The van der Waals surface area contributed by atoms with Crippen LogP contribution in [0.25, 0.3) is 16.8 Å². The fourth-order valence-electron chi connectivity index (χ4n) is 3.30. The molecule has 0 atom stereocenters. The highest BCUT2D eigenvalue weighted by atomic mass is 32.2. The molecule has 0 aliphatic carbocycles. The van der Waals surface area contributed by atoms with Gasteiger partial charge in [0.25, 0.3) is 5.91 Å². The first kappa shape index (κ1) is 21.9. The number of rotatable bonds is 7. The summed E-state index contributed by atoms with van der Waals surface area (Å²) in [6.45, 7) is 0.0372. The lowest BCUT2D eigenvalue weighted by molar-refractivity contribution is -0.137. The number of amides is 1. The Balaban J connectivity index is 1.57. The van der Waals surface area contributed by atoms with E-state index in [2.05, 4.69) is 0 Å². The van der Waals surface area contributed by atoms with Gasteiger partial charge in [0.2, 0.25) is 0 Å². The molecule has 0 unspecified atom stereocenters. The maximum absolute atomic E-state index is 13.1. The summed E-state index contributed by atoms with van der Waals surface area (Å²) in [6, 6.07) is 19.0. The molecular formula is C24H19NO5S2. The van der Waals surface area contributed by atoms with E-state index in [4.69, 9.17) is 26.8 Å². The van der Waals surface area contributed by atoms with Gasteiger partial charge in [0.05, 0.1) is 30.7 Å². The first-order chi connectivity index (χ1) is 15.5. The molecule has 1 amide bonds. The number of aliphatic carboxylic acids is 1. The molecule has 1 aliphatic heterocycles. The first-order valence-corrected chi connectivity index (χ1v) is 11.0. The van der Waals surface area contributed by atoms with Gasteiger partial charge in [0.15, 0.2) is 15.8 Å². The lowest BCUT2D eigenvalue weighted by Crippen LogP contribution is -2.27. The van der Waals surface area contributed by atoms with E-state index in [0.717, 1.165) is 22.0 Å². The van der Waals surface area contributed by atoms with Crippen molar-refractivity contribution in [2.75, 3.05) is 18.6 Å². The molecule has 0 aromatic heterocycles. The van der Waals surface area contributed by atoms with E-state index >= 15 is 0 Å². The van der Waals surface area contributed by atoms with Crippen LogP contribution in [-0.4, -0.2) is 35.0 Å². The van der Waals surface area contributed by atoms with Crippen molar-refractivity contribution in [3.05, 3.63) is 71.1 Å². The molecule has 1 N–H and O–H groups in total. The van der Waals surface area contributed by atoms with Gasteiger partial charge in [0, 0.05) is 0 Å². The minimum atomic E-state index is -0.936. The molecule has 0 spiro atoms. The first-order valence-electron chi connectivity index (χ1n) is 9.75. The zero-order chi connectivity index (χ0) is 22.7. The van der Waals surface area contributed by atoms with Crippen molar-refractivity contribution < 1.29 is 24.2 Å². The number of ether oxygens (including phenoxy) is 2. The zero-order valence-electron chi connectivity index (χ0n) is 17.1. The third kappa shape index (κ3) is 4.61. The molecule has 0 radical (unpaired) electrons. The molecule has 1 fully saturated rings. The summed E-state index contributed by atoms with van der Waals surface area (Å²) in [5, 5.41) is 10.9. The Morgan fingerprint density at radius 1 is 1.09 bits per heavy atom. The Labute approximate surface area is 194 Å². The van der Waals surface area contributed by atoms with Gasteiger partial charge in [-0.15, -0.1) is 0 Å².